The standard InChI is InChI=1S/C29H37NO3S/c1-19-11-14-23(15-12-19)34(32,33)30(26-16-20(2)10-13-21(26)3)22-17-24(28(4,5)6)27(31)25(18-22)29(7,8)9/h10-18,31H,1-9H3. The van der Waals surface area contributed by atoms with E-state index in [1.54, 1.807) is 12.1 Å². The van der Waals surface area contributed by atoms with Gasteiger partial charge in [0.1, 0.15) is 5.75 Å². The second kappa shape index (κ2) is 8.77. The van der Waals surface area contributed by atoms with Crippen LogP contribution in [-0.4, -0.2) is 13.5 Å². The predicted molar refractivity (Wildman–Crippen MR) is 142 cm³/mol. The quantitative estimate of drug-likeness (QED) is 0.423. The Labute approximate surface area is 205 Å². The summed E-state index contributed by atoms with van der Waals surface area (Å²) in [6, 6.07) is 16.4. The van der Waals surface area contributed by atoms with Crippen LogP contribution in [0.3, 0.4) is 0 Å². The van der Waals surface area contributed by atoms with E-state index in [2.05, 4.69) is 0 Å². The largest absolute Gasteiger partial charge is 0.507 e. The molecule has 0 spiro atoms. The molecule has 0 atom stereocenters. The van der Waals surface area contributed by atoms with Crippen molar-refractivity contribution in [3.63, 3.8) is 0 Å². The van der Waals surface area contributed by atoms with Gasteiger partial charge >= 0.3 is 0 Å². The van der Waals surface area contributed by atoms with Crippen molar-refractivity contribution in [2.45, 2.75) is 78.0 Å². The second-order valence-electron chi connectivity index (χ2n) is 11.3. The van der Waals surface area contributed by atoms with Gasteiger partial charge in [-0.25, -0.2) is 12.7 Å². The number of sulfonamides is 1. The molecule has 0 aliphatic heterocycles. The first kappa shape index (κ1) is 25.8. The Morgan fingerprint density at radius 2 is 1.18 bits per heavy atom. The molecular formula is C29H37NO3S. The van der Waals surface area contributed by atoms with Crippen LogP contribution in [0.2, 0.25) is 0 Å². The van der Waals surface area contributed by atoms with Crippen molar-refractivity contribution in [1.29, 1.82) is 0 Å². The minimum Gasteiger partial charge on any atom is -0.507 e. The van der Waals surface area contributed by atoms with Crippen LogP contribution in [0.25, 0.3) is 0 Å². The third-order valence-electron chi connectivity index (χ3n) is 6.09. The maximum absolute atomic E-state index is 14.2. The molecule has 3 rings (SSSR count). The molecule has 0 heterocycles. The summed E-state index contributed by atoms with van der Waals surface area (Å²) in [7, 11) is -3.95. The number of anilines is 2. The predicted octanol–water partition coefficient (Wildman–Crippen LogP) is 7.44. The average molecular weight is 480 g/mol. The summed E-state index contributed by atoms with van der Waals surface area (Å²) in [5.41, 5.74) is 4.58. The summed E-state index contributed by atoms with van der Waals surface area (Å²) in [5.74, 6) is 0.220. The van der Waals surface area contributed by atoms with Crippen LogP contribution in [0.15, 0.2) is 59.5 Å². The van der Waals surface area contributed by atoms with Gasteiger partial charge in [-0.3, -0.25) is 0 Å². The first-order chi connectivity index (χ1) is 15.5. The van der Waals surface area contributed by atoms with Gasteiger partial charge in [0.05, 0.1) is 16.3 Å². The lowest BCUT2D eigenvalue weighted by Crippen LogP contribution is -2.28. The third-order valence-corrected chi connectivity index (χ3v) is 7.84. The van der Waals surface area contributed by atoms with Crippen LogP contribution in [0.5, 0.6) is 5.75 Å². The maximum Gasteiger partial charge on any atom is 0.268 e. The van der Waals surface area contributed by atoms with Crippen LogP contribution >= 0.6 is 0 Å². The lowest BCUT2D eigenvalue weighted by molar-refractivity contribution is 0.423. The van der Waals surface area contributed by atoms with Crippen LogP contribution < -0.4 is 4.31 Å². The smallest absolute Gasteiger partial charge is 0.268 e. The van der Waals surface area contributed by atoms with Crippen LogP contribution in [0.1, 0.15) is 69.4 Å². The summed E-state index contributed by atoms with van der Waals surface area (Å²) in [4.78, 5) is 0.224. The molecule has 0 fully saturated rings. The molecule has 3 aromatic carbocycles. The molecule has 5 heteroatoms. The number of benzene rings is 3. The van der Waals surface area contributed by atoms with Crippen LogP contribution in [0, 0.1) is 20.8 Å². The van der Waals surface area contributed by atoms with Gasteiger partial charge in [0.2, 0.25) is 0 Å². The van der Waals surface area contributed by atoms with E-state index in [4.69, 9.17) is 0 Å². The van der Waals surface area contributed by atoms with E-state index in [1.165, 1.54) is 4.31 Å². The Balaban J connectivity index is 2.45. The molecule has 0 bridgehead atoms. The maximum atomic E-state index is 14.2. The summed E-state index contributed by atoms with van der Waals surface area (Å²) in [6.45, 7) is 17.9. The van der Waals surface area contributed by atoms with Gasteiger partial charge in [0, 0.05) is 11.1 Å². The van der Waals surface area contributed by atoms with Crippen molar-refractivity contribution < 1.29 is 13.5 Å². The number of phenols is 1. The fraction of sp³-hybridized carbons (Fsp3) is 0.379. The molecule has 0 aliphatic rings. The van der Waals surface area contributed by atoms with Gasteiger partial charge in [-0.05, 0) is 73.1 Å². The summed E-state index contributed by atoms with van der Waals surface area (Å²) in [6.07, 6.45) is 0. The third kappa shape index (κ3) is 5.00. The molecule has 1 N–H and O–H groups in total. The molecule has 0 aromatic heterocycles. The summed E-state index contributed by atoms with van der Waals surface area (Å²) >= 11 is 0. The van der Waals surface area contributed by atoms with Crippen molar-refractivity contribution in [3.05, 3.63) is 82.4 Å². The average Bonchev–Trinajstić information content (AvgIpc) is 2.70. The molecule has 0 amide bonds. The normalized spacial score (nSPS) is 12.6. The number of nitrogens with zero attached hydrogens (tertiary/aromatic N) is 1. The van der Waals surface area contributed by atoms with Crippen LogP contribution in [0.4, 0.5) is 11.4 Å². The van der Waals surface area contributed by atoms with Crippen molar-refractivity contribution in [3.8, 4) is 5.75 Å². The number of aromatic hydroxyl groups is 1. The van der Waals surface area contributed by atoms with Gasteiger partial charge in [0.15, 0.2) is 0 Å². The van der Waals surface area contributed by atoms with E-state index in [1.807, 2.05) is 105 Å². The summed E-state index contributed by atoms with van der Waals surface area (Å²) in [5, 5.41) is 11.2. The lowest BCUT2D eigenvalue weighted by Gasteiger charge is -2.32. The zero-order valence-corrected chi connectivity index (χ0v) is 22.6. The number of rotatable bonds is 4. The van der Waals surface area contributed by atoms with Gasteiger partial charge in [-0.1, -0.05) is 71.4 Å². The van der Waals surface area contributed by atoms with E-state index >= 15 is 0 Å². The van der Waals surface area contributed by atoms with Crippen LogP contribution in [-0.2, 0) is 20.9 Å². The highest BCUT2D eigenvalue weighted by Gasteiger charge is 2.33. The Hall–Kier alpha value is -2.79. The first-order valence-corrected chi connectivity index (χ1v) is 13.0. The topological polar surface area (TPSA) is 57.6 Å². The Kier molecular flexibility index (Phi) is 6.66. The van der Waals surface area contributed by atoms with E-state index in [0.717, 1.165) is 16.7 Å². The SMILES string of the molecule is Cc1ccc(S(=O)(=O)N(c2cc(C(C)(C)C)c(O)c(C(C)(C)C)c2)c2cc(C)ccc2C)cc1. The van der Waals surface area contributed by atoms with Crippen molar-refractivity contribution in [2.24, 2.45) is 0 Å². The molecular weight excluding hydrogens is 442 g/mol. The lowest BCUT2D eigenvalue weighted by atomic mass is 9.79. The van der Waals surface area contributed by atoms with E-state index in [-0.39, 0.29) is 21.5 Å². The highest BCUT2D eigenvalue weighted by molar-refractivity contribution is 7.93. The van der Waals surface area contributed by atoms with E-state index < -0.39 is 10.0 Å². The van der Waals surface area contributed by atoms with E-state index in [9.17, 15) is 13.5 Å². The fourth-order valence-corrected chi connectivity index (χ4v) is 5.57. The van der Waals surface area contributed by atoms with Crippen molar-refractivity contribution in [2.75, 3.05) is 4.31 Å². The molecule has 0 unspecified atom stereocenters. The fourth-order valence-electron chi connectivity index (χ4n) is 4.04. The Morgan fingerprint density at radius 1 is 0.706 bits per heavy atom. The molecule has 0 saturated carbocycles. The number of aryl methyl sites for hydroxylation is 3. The Bertz CT molecular complexity index is 1270. The number of hydrogen-bond donors (Lipinski definition) is 1. The van der Waals surface area contributed by atoms with Gasteiger partial charge < -0.3 is 5.11 Å². The van der Waals surface area contributed by atoms with Gasteiger partial charge in [-0.15, -0.1) is 0 Å². The zero-order chi connectivity index (χ0) is 25.6. The molecule has 0 saturated heterocycles. The highest BCUT2D eigenvalue weighted by atomic mass is 32.2. The second-order valence-corrected chi connectivity index (χ2v) is 13.0. The van der Waals surface area contributed by atoms with Gasteiger partial charge in [-0.2, -0.15) is 0 Å². The molecule has 0 aliphatic carbocycles. The minimum absolute atomic E-state index is 0.220. The van der Waals surface area contributed by atoms with E-state index in [0.29, 0.717) is 22.5 Å². The first-order valence-electron chi connectivity index (χ1n) is 11.6. The van der Waals surface area contributed by atoms with Gasteiger partial charge in [0.25, 0.3) is 10.0 Å². The van der Waals surface area contributed by atoms with Crippen molar-refractivity contribution in [1.82, 2.24) is 0 Å². The zero-order valence-electron chi connectivity index (χ0n) is 21.8. The number of phenolic OH excluding ortho intramolecular Hbond substituents is 1. The molecule has 34 heavy (non-hydrogen) atoms. The monoisotopic (exact) mass is 479 g/mol. The summed E-state index contributed by atoms with van der Waals surface area (Å²) < 4.78 is 29.8. The highest BCUT2D eigenvalue weighted by Crippen LogP contribution is 2.45. The molecule has 182 valence electrons. The molecule has 4 nitrogen and oxygen atoms in total. The Morgan fingerprint density at radius 3 is 1.65 bits per heavy atom. The van der Waals surface area contributed by atoms with Crippen molar-refractivity contribution >= 4 is 21.4 Å². The number of hydrogen-bond acceptors (Lipinski definition) is 3. The molecule has 3 aromatic rings. The minimum atomic E-state index is -3.95. The molecule has 0 radical (unpaired) electrons.